The van der Waals surface area contributed by atoms with E-state index in [9.17, 15) is 13.2 Å². The molecule has 2 rings (SSSR count). The number of carbonyl (C=O) groups is 1. The van der Waals surface area contributed by atoms with E-state index in [0.717, 1.165) is 12.0 Å². The van der Waals surface area contributed by atoms with Crippen molar-refractivity contribution in [2.24, 2.45) is 0 Å². The Hall–Kier alpha value is -1.33. The van der Waals surface area contributed by atoms with Crippen molar-refractivity contribution >= 4 is 27.3 Å². The zero-order valence-electron chi connectivity index (χ0n) is 12.1. The Kier molecular flexibility index (Phi) is 4.74. The summed E-state index contributed by atoms with van der Waals surface area (Å²) in [5, 5.41) is 0.280. The highest BCUT2D eigenvalue weighted by Crippen LogP contribution is 2.24. The molecule has 0 spiro atoms. The molecule has 0 saturated carbocycles. The number of rotatable bonds is 3. The van der Waals surface area contributed by atoms with Crippen molar-refractivity contribution in [1.82, 2.24) is 4.90 Å². The van der Waals surface area contributed by atoms with Crippen LogP contribution in [0.1, 0.15) is 30.6 Å². The fourth-order valence-corrected chi connectivity index (χ4v) is 3.39. The van der Waals surface area contributed by atoms with E-state index >= 15 is 0 Å². The highest BCUT2D eigenvalue weighted by atomic mass is 35.5. The van der Waals surface area contributed by atoms with Gasteiger partial charge < -0.3 is 4.90 Å². The maximum atomic E-state index is 12.6. The Morgan fingerprint density at radius 3 is 2.71 bits per heavy atom. The maximum Gasteiger partial charge on any atom is 0.255 e. The summed E-state index contributed by atoms with van der Waals surface area (Å²) in [5.41, 5.74) is 1.38. The summed E-state index contributed by atoms with van der Waals surface area (Å²) in [6.07, 6.45) is 2.91. The first-order valence-electron chi connectivity index (χ1n) is 6.82. The van der Waals surface area contributed by atoms with E-state index in [4.69, 9.17) is 11.6 Å². The van der Waals surface area contributed by atoms with Gasteiger partial charge in [0.05, 0.1) is 21.2 Å². The molecule has 0 aliphatic carbocycles. The van der Waals surface area contributed by atoms with Gasteiger partial charge in [0.2, 0.25) is 0 Å². The quantitative estimate of drug-likeness (QED) is 0.802. The van der Waals surface area contributed by atoms with Crippen LogP contribution in [0.2, 0.25) is 5.02 Å². The van der Waals surface area contributed by atoms with Crippen LogP contribution in [0.3, 0.4) is 0 Å². The lowest BCUT2D eigenvalue weighted by Gasteiger charge is -2.26. The van der Waals surface area contributed by atoms with E-state index in [2.05, 4.69) is 6.08 Å². The number of hydrogen-bond acceptors (Lipinski definition) is 3. The number of carbonyl (C=O) groups excluding carboxylic acids is 1. The first kappa shape index (κ1) is 16.0. The van der Waals surface area contributed by atoms with Gasteiger partial charge in [-0.05, 0) is 31.5 Å². The van der Waals surface area contributed by atoms with Gasteiger partial charge in [0.1, 0.15) is 0 Å². The highest BCUT2D eigenvalue weighted by molar-refractivity contribution is 7.91. The molecule has 4 nitrogen and oxygen atoms in total. The maximum absolute atomic E-state index is 12.6. The number of benzene rings is 1. The molecule has 1 aliphatic heterocycles. The Balaban J connectivity index is 2.37. The average molecular weight is 328 g/mol. The summed E-state index contributed by atoms with van der Waals surface area (Å²) >= 11 is 6.08. The summed E-state index contributed by atoms with van der Waals surface area (Å²) in [7, 11) is -3.35. The van der Waals surface area contributed by atoms with Gasteiger partial charge in [0, 0.05) is 13.1 Å². The Morgan fingerprint density at radius 2 is 2.10 bits per heavy atom. The zero-order valence-corrected chi connectivity index (χ0v) is 13.7. The van der Waals surface area contributed by atoms with Crippen molar-refractivity contribution in [2.45, 2.75) is 25.2 Å². The molecule has 0 unspecified atom stereocenters. The summed E-state index contributed by atoms with van der Waals surface area (Å²) < 4.78 is 23.9. The highest BCUT2D eigenvalue weighted by Gasteiger charge is 2.22. The molecule has 0 atom stereocenters. The van der Waals surface area contributed by atoms with Crippen molar-refractivity contribution in [1.29, 1.82) is 0 Å². The Labute approximate surface area is 130 Å². The number of hydrogen-bond donors (Lipinski definition) is 0. The van der Waals surface area contributed by atoms with Gasteiger partial charge in [-0.2, -0.15) is 0 Å². The van der Waals surface area contributed by atoms with Crippen molar-refractivity contribution in [3.8, 4) is 0 Å². The molecule has 1 heterocycles. The number of nitrogens with zero attached hydrogens (tertiary/aromatic N) is 1. The van der Waals surface area contributed by atoms with Crippen LogP contribution < -0.4 is 0 Å². The fraction of sp³-hybridized carbons (Fsp3) is 0.400. The van der Waals surface area contributed by atoms with Gasteiger partial charge in [0.25, 0.3) is 5.91 Å². The van der Waals surface area contributed by atoms with Gasteiger partial charge in [-0.25, -0.2) is 8.42 Å². The number of halogens is 1. The Bertz CT molecular complexity index is 695. The third kappa shape index (κ3) is 3.47. The summed E-state index contributed by atoms with van der Waals surface area (Å²) in [6.45, 7) is 4.72. The molecule has 1 aromatic rings. The smallest absolute Gasteiger partial charge is 0.255 e. The topological polar surface area (TPSA) is 54.5 Å². The van der Waals surface area contributed by atoms with Gasteiger partial charge in [-0.3, -0.25) is 4.79 Å². The lowest BCUT2D eigenvalue weighted by atomic mass is 10.1. The van der Waals surface area contributed by atoms with Crippen LogP contribution in [0.5, 0.6) is 0 Å². The second-order valence-electron chi connectivity index (χ2n) is 5.11. The zero-order chi connectivity index (χ0) is 15.6. The second kappa shape index (κ2) is 6.20. The van der Waals surface area contributed by atoms with E-state index in [1.165, 1.54) is 18.2 Å². The summed E-state index contributed by atoms with van der Waals surface area (Å²) in [5.74, 6) is -0.228. The minimum Gasteiger partial charge on any atom is -0.334 e. The SMILES string of the molecule is CCS(=O)(=O)c1ccc(Cl)c(C(=O)N2CCC=C(C)C2)c1. The largest absolute Gasteiger partial charge is 0.334 e. The van der Waals surface area contributed by atoms with Crippen molar-refractivity contribution in [2.75, 3.05) is 18.8 Å². The second-order valence-corrected chi connectivity index (χ2v) is 7.80. The molecule has 0 N–H and O–H groups in total. The first-order chi connectivity index (χ1) is 9.85. The van der Waals surface area contributed by atoms with Gasteiger partial charge in [-0.15, -0.1) is 0 Å². The minimum absolute atomic E-state index is 0.00613. The molecule has 0 radical (unpaired) electrons. The molecule has 1 aromatic carbocycles. The standard InChI is InChI=1S/C15H18ClNO3S/c1-3-21(19,20)12-6-7-14(16)13(9-12)15(18)17-8-4-5-11(2)10-17/h5-7,9H,3-4,8,10H2,1-2H3. The fourth-order valence-electron chi connectivity index (χ4n) is 2.28. The predicted molar refractivity (Wildman–Crippen MR) is 83.5 cm³/mol. The van der Waals surface area contributed by atoms with Gasteiger partial charge >= 0.3 is 0 Å². The van der Waals surface area contributed by atoms with E-state index in [1.54, 1.807) is 11.8 Å². The molecule has 0 bridgehead atoms. The lowest BCUT2D eigenvalue weighted by molar-refractivity contribution is 0.0766. The molecule has 21 heavy (non-hydrogen) atoms. The van der Waals surface area contributed by atoms with Crippen LogP contribution in [0.4, 0.5) is 0 Å². The van der Waals surface area contributed by atoms with Crippen molar-refractivity contribution < 1.29 is 13.2 Å². The number of sulfone groups is 1. The molecule has 1 aliphatic rings. The molecular formula is C15H18ClNO3S. The molecule has 1 amide bonds. The number of amides is 1. The lowest BCUT2D eigenvalue weighted by Crippen LogP contribution is -2.35. The van der Waals surface area contributed by atoms with Crippen molar-refractivity contribution in [3.63, 3.8) is 0 Å². The Morgan fingerprint density at radius 1 is 1.38 bits per heavy atom. The van der Waals surface area contributed by atoms with E-state index in [0.29, 0.717) is 13.1 Å². The summed E-state index contributed by atoms with van der Waals surface area (Å²) in [4.78, 5) is 14.4. The first-order valence-corrected chi connectivity index (χ1v) is 8.85. The predicted octanol–water partition coefficient (Wildman–Crippen LogP) is 2.93. The van der Waals surface area contributed by atoms with Crippen molar-refractivity contribution in [3.05, 3.63) is 40.4 Å². The van der Waals surface area contributed by atoms with Crippen LogP contribution in [0.15, 0.2) is 34.7 Å². The van der Waals surface area contributed by atoms with E-state index < -0.39 is 9.84 Å². The minimum atomic E-state index is -3.35. The summed E-state index contributed by atoms with van der Waals surface area (Å²) in [6, 6.07) is 4.31. The normalized spacial score (nSPS) is 15.8. The average Bonchev–Trinajstić information content (AvgIpc) is 2.47. The third-order valence-corrected chi connectivity index (χ3v) is 5.59. The van der Waals surface area contributed by atoms with Gasteiger partial charge in [-0.1, -0.05) is 30.2 Å². The van der Waals surface area contributed by atoms with Crippen LogP contribution in [-0.2, 0) is 9.84 Å². The molecule has 6 heteroatoms. The van der Waals surface area contributed by atoms with E-state index in [-0.39, 0.29) is 27.1 Å². The van der Waals surface area contributed by atoms with Crippen LogP contribution in [0, 0.1) is 0 Å². The molecule has 0 aromatic heterocycles. The molecule has 0 fully saturated rings. The molecule has 0 saturated heterocycles. The molecule has 114 valence electrons. The van der Waals surface area contributed by atoms with Gasteiger partial charge in [0.15, 0.2) is 9.84 Å². The monoisotopic (exact) mass is 327 g/mol. The third-order valence-electron chi connectivity index (χ3n) is 3.53. The van der Waals surface area contributed by atoms with E-state index in [1.807, 2.05) is 6.92 Å². The van der Waals surface area contributed by atoms with Crippen LogP contribution in [0.25, 0.3) is 0 Å². The van der Waals surface area contributed by atoms with Crippen LogP contribution in [-0.4, -0.2) is 38.1 Å². The molecular weight excluding hydrogens is 310 g/mol. The van der Waals surface area contributed by atoms with Crippen LogP contribution >= 0.6 is 11.6 Å².